The van der Waals surface area contributed by atoms with Crippen molar-refractivity contribution in [3.63, 3.8) is 0 Å². The highest BCUT2D eigenvalue weighted by atomic mass is 35.5. The Morgan fingerprint density at radius 2 is 1.86 bits per heavy atom. The van der Waals surface area contributed by atoms with Crippen LogP contribution in [0.1, 0.15) is 37.1 Å². The van der Waals surface area contributed by atoms with E-state index in [9.17, 15) is 0 Å². The van der Waals surface area contributed by atoms with Crippen LogP contribution in [0.15, 0.2) is 46.9 Å². The van der Waals surface area contributed by atoms with Gasteiger partial charge in [0.1, 0.15) is 11.2 Å². The highest BCUT2D eigenvalue weighted by Gasteiger charge is 2.30. The molecule has 0 amide bonds. The maximum atomic E-state index is 6.80. The van der Waals surface area contributed by atoms with Crippen molar-refractivity contribution in [1.82, 2.24) is 0 Å². The molecule has 3 atom stereocenters. The lowest BCUT2D eigenvalue weighted by atomic mass is 9.90. The zero-order valence-corrected chi connectivity index (χ0v) is 12.9. The van der Waals surface area contributed by atoms with Gasteiger partial charge in [0.05, 0.1) is 5.38 Å². The van der Waals surface area contributed by atoms with Gasteiger partial charge in [-0.2, -0.15) is 0 Å². The predicted molar refractivity (Wildman–Crippen MR) is 88.8 cm³/mol. The van der Waals surface area contributed by atoms with E-state index in [1.54, 1.807) is 0 Å². The van der Waals surface area contributed by atoms with Gasteiger partial charge in [0.2, 0.25) is 0 Å². The standard InChI is InChI=1S/C19H19ClO/c1-12-5-4-7-14(12)19(20)13-9-10-18-16(11-13)15-6-2-3-8-17(15)21-18/h2-3,6,8-12,14,19H,4-5,7H2,1H3. The lowest BCUT2D eigenvalue weighted by Gasteiger charge is -2.21. The molecule has 1 nitrogen and oxygen atoms in total. The van der Waals surface area contributed by atoms with E-state index in [1.807, 2.05) is 12.1 Å². The summed E-state index contributed by atoms with van der Waals surface area (Å²) in [5.41, 5.74) is 3.13. The van der Waals surface area contributed by atoms with Crippen LogP contribution < -0.4 is 0 Å². The Kier molecular flexibility index (Phi) is 3.19. The fraction of sp³-hybridized carbons (Fsp3) is 0.368. The lowest BCUT2D eigenvalue weighted by Crippen LogP contribution is -2.10. The monoisotopic (exact) mass is 298 g/mol. The molecule has 3 aromatic rings. The van der Waals surface area contributed by atoms with Crippen LogP contribution in [-0.4, -0.2) is 0 Å². The number of hydrogen-bond donors (Lipinski definition) is 0. The van der Waals surface area contributed by atoms with Gasteiger partial charge in [0.15, 0.2) is 0 Å². The van der Waals surface area contributed by atoms with Gasteiger partial charge in [-0.1, -0.05) is 44.0 Å². The van der Waals surface area contributed by atoms with E-state index in [4.69, 9.17) is 16.0 Å². The van der Waals surface area contributed by atoms with Crippen LogP contribution in [0.5, 0.6) is 0 Å². The van der Waals surface area contributed by atoms with E-state index >= 15 is 0 Å². The molecule has 0 radical (unpaired) electrons. The molecule has 1 saturated carbocycles. The first-order valence-electron chi connectivity index (χ1n) is 7.79. The Labute approximate surface area is 129 Å². The summed E-state index contributed by atoms with van der Waals surface area (Å²) in [6.07, 6.45) is 3.87. The van der Waals surface area contributed by atoms with Gasteiger partial charge < -0.3 is 4.42 Å². The quantitative estimate of drug-likeness (QED) is 0.506. The zero-order chi connectivity index (χ0) is 14.4. The topological polar surface area (TPSA) is 13.1 Å². The lowest BCUT2D eigenvalue weighted by molar-refractivity contribution is 0.406. The van der Waals surface area contributed by atoms with Gasteiger partial charge in [-0.05, 0) is 42.0 Å². The van der Waals surface area contributed by atoms with Gasteiger partial charge in [0, 0.05) is 10.8 Å². The number of para-hydroxylation sites is 1. The third-order valence-electron chi connectivity index (χ3n) is 5.02. The van der Waals surface area contributed by atoms with Gasteiger partial charge in [-0.25, -0.2) is 0 Å². The predicted octanol–water partition coefficient (Wildman–Crippen LogP) is 6.30. The maximum Gasteiger partial charge on any atom is 0.135 e. The molecule has 1 aliphatic rings. The summed E-state index contributed by atoms with van der Waals surface area (Å²) in [6, 6.07) is 14.6. The molecule has 2 aromatic carbocycles. The second kappa shape index (κ2) is 5.06. The van der Waals surface area contributed by atoms with Crippen molar-refractivity contribution >= 4 is 33.5 Å². The first kappa shape index (κ1) is 13.2. The summed E-state index contributed by atoms with van der Waals surface area (Å²) in [5, 5.41) is 2.47. The van der Waals surface area contributed by atoms with Gasteiger partial charge >= 0.3 is 0 Å². The third-order valence-corrected chi connectivity index (χ3v) is 5.60. The Morgan fingerprint density at radius 3 is 2.67 bits per heavy atom. The van der Waals surface area contributed by atoms with Crippen LogP contribution in [0, 0.1) is 11.8 Å². The average Bonchev–Trinajstić information content (AvgIpc) is 3.09. The van der Waals surface area contributed by atoms with Crippen molar-refractivity contribution in [2.45, 2.75) is 31.6 Å². The number of halogens is 1. The van der Waals surface area contributed by atoms with Crippen molar-refractivity contribution in [3.05, 3.63) is 48.0 Å². The molecule has 0 N–H and O–H groups in total. The van der Waals surface area contributed by atoms with Gasteiger partial charge in [-0.15, -0.1) is 11.6 Å². The normalized spacial score (nSPS) is 23.9. The molecular formula is C19H19ClO. The molecule has 0 spiro atoms. The second-order valence-corrected chi connectivity index (χ2v) is 6.80. The Balaban J connectivity index is 1.80. The zero-order valence-electron chi connectivity index (χ0n) is 12.2. The van der Waals surface area contributed by atoms with E-state index in [2.05, 4.69) is 37.3 Å². The highest BCUT2D eigenvalue weighted by molar-refractivity contribution is 6.21. The van der Waals surface area contributed by atoms with Crippen molar-refractivity contribution in [1.29, 1.82) is 0 Å². The van der Waals surface area contributed by atoms with Crippen LogP contribution in [-0.2, 0) is 0 Å². The van der Waals surface area contributed by atoms with Crippen LogP contribution in [0.25, 0.3) is 21.9 Å². The van der Waals surface area contributed by atoms with Crippen LogP contribution >= 0.6 is 11.6 Å². The molecule has 1 aliphatic carbocycles. The van der Waals surface area contributed by atoms with Crippen molar-refractivity contribution < 1.29 is 4.42 Å². The summed E-state index contributed by atoms with van der Waals surface area (Å²) in [7, 11) is 0. The number of rotatable bonds is 2. The SMILES string of the molecule is CC1CCCC1C(Cl)c1ccc2oc3ccccc3c2c1. The van der Waals surface area contributed by atoms with E-state index in [1.165, 1.54) is 35.6 Å². The Bertz CT molecular complexity index is 788. The van der Waals surface area contributed by atoms with Gasteiger partial charge in [-0.3, -0.25) is 0 Å². The molecule has 1 heterocycles. The van der Waals surface area contributed by atoms with E-state index < -0.39 is 0 Å². The highest BCUT2D eigenvalue weighted by Crippen LogP contribution is 2.44. The molecule has 0 aliphatic heterocycles. The summed E-state index contributed by atoms with van der Waals surface area (Å²) in [6.45, 7) is 2.33. The molecule has 21 heavy (non-hydrogen) atoms. The Hall–Kier alpha value is -1.47. The van der Waals surface area contributed by atoms with E-state index in [-0.39, 0.29) is 5.38 Å². The number of furan rings is 1. The molecule has 2 heteroatoms. The number of alkyl halides is 1. The summed E-state index contributed by atoms with van der Waals surface area (Å²) in [4.78, 5) is 0. The molecule has 0 bridgehead atoms. The summed E-state index contributed by atoms with van der Waals surface area (Å²) >= 11 is 6.80. The van der Waals surface area contributed by atoms with Crippen LogP contribution in [0.4, 0.5) is 0 Å². The molecule has 3 unspecified atom stereocenters. The first-order valence-corrected chi connectivity index (χ1v) is 8.23. The van der Waals surface area contributed by atoms with Gasteiger partial charge in [0.25, 0.3) is 0 Å². The third kappa shape index (κ3) is 2.15. The molecule has 1 fully saturated rings. The number of benzene rings is 2. The molecular weight excluding hydrogens is 280 g/mol. The summed E-state index contributed by atoms with van der Waals surface area (Å²) < 4.78 is 5.89. The smallest absolute Gasteiger partial charge is 0.135 e. The molecule has 0 saturated heterocycles. The molecule has 108 valence electrons. The number of hydrogen-bond acceptors (Lipinski definition) is 1. The average molecular weight is 299 g/mol. The van der Waals surface area contributed by atoms with Crippen LogP contribution in [0.3, 0.4) is 0 Å². The van der Waals surface area contributed by atoms with E-state index in [0.717, 1.165) is 17.1 Å². The van der Waals surface area contributed by atoms with E-state index in [0.29, 0.717) is 5.92 Å². The van der Waals surface area contributed by atoms with Crippen molar-refractivity contribution in [2.24, 2.45) is 11.8 Å². The van der Waals surface area contributed by atoms with Crippen molar-refractivity contribution in [2.75, 3.05) is 0 Å². The fourth-order valence-corrected chi connectivity index (χ4v) is 4.28. The molecule has 1 aromatic heterocycles. The second-order valence-electron chi connectivity index (χ2n) is 6.33. The minimum Gasteiger partial charge on any atom is -0.456 e. The minimum absolute atomic E-state index is 0.112. The maximum absolute atomic E-state index is 6.80. The first-order chi connectivity index (χ1) is 10.2. The summed E-state index contributed by atoms with van der Waals surface area (Å²) in [5.74, 6) is 1.33. The molecule has 4 rings (SSSR count). The Morgan fingerprint density at radius 1 is 1.05 bits per heavy atom. The van der Waals surface area contributed by atoms with Crippen molar-refractivity contribution in [3.8, 4) is 0 Å². The fourth-order valence-electron chi connectivity index (χ4n) is 3.77. The minimum atomic E-state index is 0.112. The largest absolute Gasteiger partial charge is 0.456 e. The van der Waals surface area contributed by atoms with Crippen LogP contribution in [0.2, 0.25) is 0 Å². The number of fused-ring (bicyclic) bond motifs is 3.